The van der Waals surface area contributed by atoms with Crippen molar-refractivity contribution in [2.45, 2.75) is 25.5 Å². The summed E-state index contributed by atoms with van der Waals surface area (Å²) in [6, 6.07) is 10.2. The zero-order valence-electron chi connectivity index (χ0n) is 8.31. The number of ether oxygens (including phenoxy) is 1. The molecule has 2 atom stereocenters. The fourth-order valence-electron chi connectivity index (χ4n) is 1.41. The molecule has 0 radical (unpaired) electrons. The van der Waals surface area contributed by atoms with Crippen LogP contribution in [0.2, 0.25) is 0 Å². The molecule has 1 heterocycles. The topological polar surface area (TPSA) is 21.6 Å². The minimum atomic E-state index is -0.0264. The van der Waals surface area contributed by atoms with Crippen molar-refractivity contribution in [3.63, 3.8) is 0 Å². The number of hydrogen-bond donors (Lipinski definition) is 0. The van der Waals surface area contributed by atoms with Gasteiger partial charge in [0.05, 0.1) is 0 Å². The quantitative estimate of drug-likeness (QED) is 0.706. The molecule has 0 aromatic heterocycles. The Kier molecular flexibility index (Phi) is 2.89. The summed E-state index contributed by atoms with van der Waals surface area (Å²) in [6.07, 6.45) is -0.0264. The maximum absolute atomic E-state index is 5.51. The standard InChI is InChI=1S/C11H13NOS/c1-8-12-11(14-9(2)13-8)10-6-4-3-5-7-10/h3-9H,1-2H3/t8-,9-/m0/s1. The lowest BCUT2D eigenvalue weighted by atomic mass is 10.2. The van der Waals surface area contributed by atoms with E-state index >= 15 is 0 Å². The summed E-state index contributed by atoms with van der Waals surface area (Å²) in [7, 11) is 0. The minimum absolute atomic E-state index is 0.0264. The highest BCUT2D eigenvalue weighted by Crippen LogP contribution is 2.26. The van der Waals surface area contributed by atoms with Gasteiger partial charge in [-0.15, -0.1) is 0 Å². The van der Waals surface area contributed by atoms with Crippen LogP contribution in [0.5, 0.6) is 0 Å². The number of thioether (sulfide) groups is 1. The summed E-state index contributed by atoms with van der Waals surface area (Å²) in [5.41, 5.74) is 1.37. The van der Waals surface area contributed by atoms with Crippen LogP contribution in [0.15, 0.2) is 35.3 Å². The lowest BCUT2D eigenvalue weighted by Gasteiger charge is -2.23. The monoisotopic (exact) mass is 207 g/mol. The molecule has 3 heteroatoms. The Morgan fingerprint density at radius 3 is 2.57 bits per heavy atom. The summed E-state index contributed by atoms with van der Waals surface area (Å²) < 4.78 is 5.51. The third-order valence-electron chi connectivity index (χ3n) is 1.99. The number of aliphatic imine (C=N–C) groups is 1. The molecule has 0 saturated heterocycles. The second-order valence-corrected chi connectivity index (χ2v) is 4.51. The Morgan fingerprint density at radius 1 is 1.21 bits per heavy atom. The fraction of sp³-hybridized carbons (Fsp3) is 0.364. The van der Waals surface area contributed by atoms with Crippen LogP contribution in [0.25, 0.3) is 0 Å². The molecule has 0 unspecified atom stereocenters. The summed E-state index contributed by atoms with van der Waals surface area (Å²) in [5, 5.41) is 1.08. The van der Waals surface area contributed by atoms with Crippen LogP contribution in [0, 0.1) is 0 Å². The molecular weight excluding hydrogens is 194 g/mol. The first-order valence-corrected chi connectivity index (χ1v) is 5.59. The Morgan fingerprint density at radius 2 is 1.93 bits per heavy atom. The van der Waals surface area contributed by atoms with Gasteiger partial charge in [0.25, 0.3) is 0 Å². The van der Waals surface area contributed by atoms with Crippen LogP contribution in [0.3, 0.4) is 0 Å². The zero-order valence-corrected chi connectivity index (χ0v) is 9.12. The molecule has 1 aromatic rings. The van der Waals surface area contributed by atoms with Crippen LogP contribution >= 0.6 is 11.8 Å². The van der Waals surface area contributed by atoms with Gasteiger partial charge in [-0.25, -0.2) is 4.99 Å². The molecule has 2 nitrogen and oxygen atoms in total. The Labute approximate surface area is 88.4 Å². The molecule has 1 aromatic carbocycles. The smallest absolute Gasteiger partial charge is 0.148 e. The van der Waals surface area contributed by atoms with Gasteiger partial charge in [0.1, 0.15) is 16.7 Å². The number of rotatable bonds is 1. The van der Waals surface area contributed by atoms with E-state index in [0.717, 1.165) is 5.04 Å². The lowest BCUT2D eigenvalue weighted by molar-refractivity contribution is 0.0607. The molecule has 1 aliphatic heterocycles. The molecule has 0 aliphatic carbocycles. The van der Waals surface area contributed by atoms with E-state index in [2.05, 4.69) is 24.0 Å². The van der Waals surface area contributed by atoms with E-state index in [4.69, 9.17) is 4.74 Å². The first-order chi connectivity index (χ1) is 6.75. The van der Waals surface area contributed by atoms with E-state index < -0.39 is 0 Å². The number of benzene rings is 1. The summed E-state index contributed by atoms with van der Waals surface area (Å²) in [6.45, 7) is 4.03. The molecule has 0 saturated carbocycles. The zero-order chi connectivity index (χ0) is 9.97. The molecule has 0 fully saturated rings. The van der Waals surface area contributed by atoms with Gasteiger partial charge in [0.2, 0.25) is 0 Å². The normalized spacial score (nSPS) is 27.1. The van der Waals surface area contributed by atoms with Crippen molar-refractivity contribution in [2.24, 2.45) is 4.99 Å². The SMILES string of the molecule is C[C@H]1N=C(c2ccccc2)S[C@@H](C)O1. The van der Waals surface area contributed by atoms with Crippen LogP contribution in [0.1, 0.15) is 19.4 Å². The van der Waals surface area contributed by atoms with Crippen molar-refractivity contribution in [3.05, 3.63) is 35.9 Å². The van der Waals surface area contributed by atoms with Crippen molar-refractivity contribution in [1.29, 1.82) is 0 Å². The average Bonchev–Trinajstić information content (AvgIpc) is 2.18. The Hall–Kier alpha value is -0.800. The largest absolute Gasteiger partial charge is 0.343 e. The second kappa shape index (κ2) is 4.15. The molecule has 0 bridgehead atoms. The first-order valence-electron chi connectivity index (χ1n) is 4.71. The maximum Gasteiger partial charge on any atom is 0.148 e. The fourth-order valence-corrected chi connectivity index (χ4v) is 2.42. The predicted molar refractivity (Wildman–Crippen MR) is 60.6 cm³/mol. The molecule has 0 spiro atoms. The van der Waals surface area contributed by atoms with Crippen LogP contribution in [-0.2, 0) is 4.74 Å². The molecule has 2 rings (SSSR count). The highest BCUT2D eigenvalue weighted by molar-refractivity contribution is 8.14. The van der Waals surface area contributed by atoms with Gasteiger partial charge in [-0.05, 0) is 13.8 Å². The summed E-state index contributed by atoms with van der Waals surface area (Å²) in [5.74, 6) is 0. The molecular formula is C11H13NOS. The number of hydrogen-bond acceptors (Lipinski definition) is 3. The van der Waals surface area contributed by atoms with Gasteiger partial charge in [-0.3, -0.25) is 0 Å². The molecule has 0 N–H and O–H groups in total. The Balaban J connectivity index is 2.26. The predicted octanol–water partition coefficient (Wildman–Crippen LogP) is 2.89. The van der Waals surface area contributed by atoms with Gasteiger partial charge in [-0.1, -0.05) is 42.1 Å². The van der Waals surface area contributed by atoms with E-state index in [1.165, 1.54) is 5.56 Å². The van der Waals surface area contributed by atoms with E-state index in [-0.39, 0.29) is 11.7 Å². The van der Waals surface area contributed by atoms with Crippen molar-refractivity contribution in [2.75, 3.05) is 0 Å². The van der Waals surface area contributed by atoms with Crippen molar-refractivity contribution >= 4 is 16.8 Å². The summed E-state index contributed by atoms with van der Waals surface area (Å²) in [4.78, 5) is 4.46. The first kappa shape index (κ1) is 9.74. The average molecular weight is 207 g/mol. The second-order valence-electron chi connectivity index (χ2n) is 3.22. The van der Waals surface area contributed by atoms with Gasteiger partial charge in [0.15, 0.2) is 0 Å². The van der Waals surface area contributed by atoms with E-state index in [0.29, 0.717) is 0 Å². The van der Waals surface area contributed by atoms with Crippen molar-refractivity contribution < 1.29 is 4.74 Å². The van der Waals surface area contributed by atoms with Gasteiger partial charge in [-0.2, -0.15) is 0 Å². The third-order valence-corrected chi connectivity index (χ3v) is 2.99. The number of nitrogens with zero attached hydrogens (tertiary/aromatic N) is 1. The lowest BCUT2D eigenvalue weighted by Crippen LogP contribution is -2.21. The maximum atomic E-state index is 5.51. The van der Waals surface area contributed by atoms with Gasteiger partial charge in [0, 0.05) is 5.56 Å². The molecule has 14 heavy (non-hydrogen) atoms. The van der Waals surface area contributed by atoms with E-state index in [9.17, 15) is 0 Å². The highest BCUT2D eigenvalue weighted by Gasteiger charge is 2.19. The van der Waals surface area contributed by atoms with Crippen molar-refractivity contribution in [1.82, 2.24) is 0 Å². The van der Waals surface area contributed by atoms with Crippen LogP contribution in [0.4, 0.5) is 0 Å². The van der Waals surface area contributed by atoms with Crippen molar-refractivity contribution in [3.8, 4) is 0 Å². The van der Waals surface area contributed by atoms with Gasteiger partial charge >= 0.3 is 0 Å². The van der Waals surface area contributed by atoms with E-state index in [1.807, 2.05) is 25.1 Å². The minimum Gasteiger partial charge on any atom is -0.343 e. The van der Waals surface area contributed by atoms with Crippen LogP contribution < -0.4 is 0 Å². The van der Waals surface area contributed by atoms with Gasteiger partial charge < -0.3 is 4.74 Å². The molecule has 0 amide bonds. The van der Waals surface area contributed by atoms with Crippen LogP contribution in [-0.4, -0.2) is 16.7 Å². The van der Waals surface area contributed by atoms with E-state index in [1.54, 1.807) is 11.8 Å². The third kappa shape index (κ3) is 2.16. The molecule has 1 aliphatic rings. The Bertz CT molecular complexity index is 336. The summed E-state index contributed by atoms with van der Waals surface area (Å²) >= 11 is 1.67. The highest BCUT2D eigenvalue weighted by atomic mass is 32.2. The molecule has 74 valence electrons.